The number of likely N-dealkylation sites (N-methyl/N-ethyl adjacent to an activating group) is 1. The van der Waals surface area contributed by atoms with E-state index in [-0.39, 0.29) is 52.1 Å². The van der Waals surface area contributed by atoms with Crippen molar-refractivity contribution in [3.8, 4) is 35.4 Å². The van der Waals surface area contributed by atoms with Crippen LogP contribution in [0.1, 0.15) is 44.1 Å². The molecule has 8 nitrogen and oxygen atoms in total. The van der Waals surface area contributed by atoms with Gasteiger partial charge < -0.3 is 20.1 Å². The van der Waals surface area contributed by atoms with Gasteiger partial charge in [-0.15, -0.1) is 6.42 Å². The van der Waals surface area contributed by atoms with Crippen molar-refractivity contribution in [2.24, 2.45) is 0 Å². The minimum absolute atomic E-state index is 0.0170. The predicted molar refractivity (Wildman–Crippen MR) is 167 cm³/mol. The number of aromatic nitrogens is 3. The van der Waals surface area contributed by atoms with Crippen LogP contribution in [0.15, 0.2) is 30.5 Å². The average Bonchev–Trinajstić information content (AvgIpc) is 3.56. The topological polar surface area (TPSA) is 86.6 Å². The minimum atomic E-state index is -0.919. The molecular weight excluding hydrogens is 581 g/mol. The normalized spacial score (nSPS) is 23.4. The molecule has 3 aliphatic heterocycles. The average molecular weight is 617 g/mol. The summed E-state index contributed by atoms with van der Waals surface area (Å²) < 4.78 is 52.1. The van der Waals surface area contributed by atoms with Gasteiger partial charge in [0, 0.05) is 49.7 Å². The third-order valence-electron chi connectivity index (χ3n) is 9.59. The molecule has 4 aromatic rings. The predicted octanol–water partition coefficient (Wildman–Crippen LogP) is 5.34. The Hall–Kier alpha value is -4.14. The van der Waals surface area contributed by atoms with Crippen molar-refractivity contribution in [3.05, 3.63) is 47.7 Å². The van der Waals surface area contributed by atoms with Crippen molar-refractivity contribution in [2.45, 2.75) is 56.3 Å². The Kier molecular flexibility index (Phi) is 7.66. The number of rotatable bonds is 7. The molecule has 3 saturated heterocycles. The number of aromatic hydroxyl groups is 1. The Morgan fingerprint density at radius 3 is 2.89 bits per heavy atom. The van der Waals surface area contributed by atoms with E-state index >= 15 is 4.39 Å². The summed E-state index contributed by atoms with van der Waals surface area (Å²) in [6, 6.07) is 5.67. The monoisotopic (exact) mass is 616 g/mol. The maximum absolute atomic E-state index is 16.7. The molecule has 2 aromatic heterocycles. The largest absolute Gasteiger partial charge is 0.508 e. The number of phenols is 1. The highest BCUT2D eigenvalue weighted by atomic mass is 19.1. The van der Waals surface area contributed by atoms with Crippen LogP contribution < -0.4 is 15.0 Å². The Morgan fingerprint density at radius 2 is 2.09 bits per heavy atom. The third-order valence-corrected chi connectivity index (χ3v) is 9.59. The number of piperidine rings is 1. The van der Waals surface area contributed by atoms with Crippen molar-refractivity contribution in [3.63, 3.8) is 0 Å². The van der Waals surface area contributed by atoms with Crippen molar-refractivity contribution in [2.75, 3.05) is 44.7 Å². The number of halogens is 3. The summed E-state index contributed by atoms with van der Waals surface area (Å²) in [7, 11) is 1.89. The highest BCUT2D eigenvalue weighted by molar-refractivity contribution is 6.03. The van der Waals surface area contributed by atoms with Gasteiger partial charge in [0.2, 0.25) is 0 Å². The number of nitrogens with zero attached hydrogens (tertiary/aromatic N) is 5. The van der Waals surface area contributed by atoms with Crippen molar-refractivity contribution < 1.29 is 23.0 Å². The number of anilines is 1. The Bertz CT molecular complexity index is 1820. The van der Waals surface area contributed by atoms with Gasteiger partial charge in [-0.1, -0.05) is 18.4 Å². The van der Waals surface area contributed by atoms with Crippen LogP contribution in [0.25, 0.3) is 32.9 Å². The van der Waals surface area contributed by atoms with Gasteiger partial charge >= 0.3 is 6.01 Å². The molecule has 234 valence electrons. The second-order valence-corrected chi connectivity index (χ2v) is 12.6. The molecular formula is C34H35F3N6O2. The summed E-state index contributed by atoms with van der Waals surface area (Å²) in [5.41, 5.74) is -0.532. The van der Waals surface area contributed by atoms with Gasteiger partial charge in [0.15, 0.2) is 5.82 Å². The Balaban J connectivity index is 1.35. The van der Waals surface area contributed by atoms with E-state index in [9.17, 15) is 13.9 Å². The van der Waals surface area contributed by atoms with Crippen LogP contribution in [0.3, 0.4) is 0 Å². The summed E-state index contributed by atoms with van der Waals surface area (Å²) >= 11 is 0. The second kappa shape index (κ2) is 11.7. The molecule has 0 saturated carbocycles. The lowest BCUT2D eigenvalue weighted by molar-refractivity contribution is 0.107. The number of hydrogen-bond donors (Lipinski definition) is 2. The number of pyridine rings is 1. The standard InChI is InChI=1S/C34H35F3N6O2/c1-3-24-27(36)9-8-20-13-23(44)14-25(28(20)24)30-29(37)31-26(16-39-30)32(42(2)18-22-7-4-5-11-38-22)41-33(40-31)45-19-34-10-6-12-43(34)17-21(35)15-34/h1,8-9,13-14,16,21-22,38,44H,4-7,10-12,15,17-19H2,2H3/t21-,22-,34+/m1/s1. The summed E-state index contributed by atoms with van der Waals surface area (Å²) in [6.45, 7) is 2.94. The van der Waals surface area contributed by atoms with Gasteiger partial charge in [0.1, 0.15) is 41.4 Å². The fraction of sp³-hybridized carbons (Fsp3) is 0.441. The van der Waals surface area contributed by atoms with Crippen LogP contribution in [0.4, 0.5) is 19.0 Å². The number of phenolic OH excluding ortho intramolecular Hbond substituents is 1. The van der Waals surface area contributed by atoms with Crippen molar-refractivity contribution in [1.82, 2.24) is 25.2 Å². The quantitative estimate of drug-likeness (QED) is 0.269. The maximum Gasteiger partial charge on any atom is 0.319 e. The molecule has 0 bridgehead atoms. The molecule has 0 radical (unpaired) electrons. The van der Waals surface area contributed by atoms with Crippen LogP contribution in [0.2, 0.25) is 0 Å². The van der Waals surface area contributed by atoms with Gasteiger partial charge in [-0.3, -0.25) is 9.88 Å². The van der Waals surface area contributed by atoms with E-state index in [1.807, 2.05) is 11.9 Å². The zero-order valence-corrected chi connectivity index (χ0v) is 25.1. The van der Waals surface area contributed by atoms with E-state index in [1.54, 1.807) is 0 Å². The molecule has 3 aliphatic rings. The first kappa shape index (κ1) is 29.6. The maximum atomic E-state index is 16.7. The first-order valence-corrected chi connectivity index (χ1v) is 15.5. The third kappa shape index (κ3) is 5.30. The zero-order chi connectivity index (χ0) is 31.3. The number of nitrogens with one attached hydrogen (secondary N) is 1. The molecule has 0 unspecified atom stereocenters. The zero-order valence-electron chi connectivity index (χ0n) is 25.1. The molecule has 3 fully saturated rings. The number of terminal acetylenes is 1. The van der Waals surface area contributed by atoms with E-state index in [0.717, 1.165) is 45.2 Å². The summed E-state index contributed by atoms with van der Waals surface area (Å²) in [6.07, 6.45) is 11.6. The lowest BCUT2D eigenvalue weighted by Gasteiger charge is -2.31. The number of benzene rings is 2. The fourth-order valence-corrected chi connectivity index (χ4v) is 7.46. The van der Waals surface area contributed by atoms with E-state index in [2.05, 4.69) is 26.1 Å². The highest BCUT2D eigenvalue weighted by Gasteiger charge is 2.49. The molecule has 11 heteroatoms. The molecule has 7 rings (SSSR count). The Morgan fingerprint density at radius 1 is 1.22 bits per heavy atom. The minimum Gasteiger partial charge on any atom is -0.508 e. The van der Waals surface area contributed by atoms with Crippen LogP contribution in [0, 0.1) is 24.0 Å². The van der Waals surface area contributed by atoms with Crippen molar-refractivity contribution in [1.29, 1.82) is 0 Å². The molecule has 0 amide bonds. The van der Waals surface area contributed by atoms with E-state index < -0.39 is 23.3 Å². The summed E-state index contributed by atoms with van der Waals surface area (Å²) in [4.78, 5) is 17.8. The van der Waals surface area contributed by atoms with Crippen molar-refractivity contribution >= 4 is 27.5 Å². The highest BCUT2D eigenvalue weighted by Crippen LogP contribution is 2.41. The first-order valence-electron chi connectivity index (χ1n) is 15.5. The second-order valence-electron chi connectivity index (χ2n) is 12.6. The molecule has 2 aromatic carbocycles. The fourth-order valence-electron chi connectivity index (χ4n) is 7.46. The summed E-state index contributed by atoms with van der Waals surface area (Å²) in [5.74, 6) is 1.24. The molecule has 2 N–H and O–H groups in total. The van der Waals surface area contributed by atoms with Gasteiger partial charge in [0.25, 0.3) is 0 Å². The van der Waals surface area contributed by atoms with Crippen LogP contribution in [-0.2, 0) is 0 Å². The molecule has 45 heavy (non-hydrogen) atoms. The number of hydrogen-bond acceptors (Lipinski definition) is 8. The van der Waals surface area contributed by atoms with E-state index in [4.69, 9.17) is 16.1 Å². The molecule has 0 spiro atoms. The van der Waals surface area contributed by atoms with Crippen LogP contribution in [-0.4, -0.2) is 82.5 Å². The van der Waals surface area contributed by atoms with Crippen LogP contribution in [0.5, 0.6) is 11.8 Å². The van der Waals surface area contributed by atoms with E-state index in [0.29, 0.717) is 36.1 Å². The number of fused-ring (bicyclic) bond motifs is 3. The smallest absolute Gasteiger partial charge is 0.319 e. The number of alkyl halides is 1. The lowest BCUT2D eigenvalue weighted by atomic mass is 9.95. The van der Waals surface area contributed by atoms with Gasteiger partial charge in [0.05, 0.1) is 16.5 Å². The molecule has 5 heterocycles. The summed E-state index contributed by atoms with van der Waals surface area (Å²) in [5, 5.41) is 15.1. The first-order chi connectivity index (χ1) is 21.8. The van der Waals surface area contributed by atoms with Gasteiger partial charge in [-0.05, 0) is 62.4 Å². The SMILES string of the molecule is C#Cc1c(F)ccc2cc(O)cc(-c3ncc4c(N(C)C[C@H]5CCCCN5)nc(OC[C@@]56CCCN5C[C@H](F)C6)nc4c3F)c12. The van der Waals surface area contributed by atoms with Crippen LogP contribution >= 0.6 is 0 Å². The van der Waals surface area contributed by atoms with E-state index in [1.165, 1.54) is 30.5 Å². The molecule has 0 aliphatic carbocycles. The molecule has 3 atom stereocenters. The van der Waals surface area contributed by atoms with Gasteiger partial charge in [-0.2, -0.15) is 9.97 Å². The lowest BCUT2D eigenvalue weighted by Crippen LogP contribution is -2.44. The van der Waals surface area contributed by atoms with Gasteiger partial charge in [-0.25, -0.2) is 13.2 Å². The number of ether oxygens (including phenoxy) is 1. The Labute approximate surface area is 259 Å².